The number of benzene rings is 1. The van der Waals surface area contributed by atoms with Crippen molar-refractivity contribution in [2.75, 3.05) is 12.3 Å². The molecule has 0 aliphatic heterocycles. The lowest BCUT2D eigenvalue weighted by Gasteiger charge is -2.12. The summed E-state index contributed by atoms with van der Waals surface area (Å²) in [6.45, 7) is 0.0260. The summed E-state index contributed by atoms with van der Waals surface area (Å²) in [5, 5.41) is 18.2. The molecule has 0 fully saturated rings. The summed E-state index contributed by atoms with van der Waals surface area (Å²) < 4.78 is 12.7. The van der Waals surface area contributed by atoms with E-state index >= 15 is 0 Å². The Morgan fingerprint density at radius 3 is 2.71 bits per heavy atom. The molecule has 1 aromatic carbocycles. The summed E-state index contributed by atoms with van der Waals surface area (Å²) in [4.78, 5) is 0. The minimum Gasteiger partial charge on any atom is -0.398 e. The quantitative estimate of drug-likeness (QED) is 0.638. The predicted molar refractivity (Wildman–Crippen MR) is 52.1 cm³/mol. The molecule has 0 aliphatic rings. The zero-order valence-corrected chi connectivity index (χ0v) is 7.78. The number of nitrogen functional groups attached to an aromatic ring is 1. The van der Waals surface area contributed by atoms with Crippen molar-refractivity contribution in [1.29, 1.82) is 0 Å². The van der Waals surface area contributed by atoms with Crippen LogP contribution in [0, 0.1) is 5.82 Å². The van der Waals surface area contributed by atoms with Crippen LogP contribution in [0.3, 0.4) is 0 Å². The van der Waals surface area contributed by atoms with Crippen LogP contribution in [-0.4, -0.2) is 16.8 Å². The Morgan fingerprint density at radius 1 is 1.43 bits per heavy atom. The highest BCUT2D eigenvalue weighted by atomic mass is 19.1. The molecule has 0 radical (unpaired) electrons. The average molecular weight is 199 g/mol. The molecule has 0 heterocycles. The molecule has 1 rings (SSSR count). The van der Waals surface area contributed by atoms with Crippen LogP contribution in [0.5, 0.6) is 0 Å². The van der Waals surface area contributed by atoms with Gasteiger partial charge in [0.15, 0.2) is 0 Å². The third-order valence-corrected chi connectivity index (χ3v) is 2.04. The molecule has 0 aliphatic carbocycles. The Hall–Kier alpha value is -1.13. The Bertz CT molecular complexity index is 304. The highest BCUT2D eigenvalue weighted by Gasteiger charge is 2.10. The first-order valence-corrected chi connectivity index (χ1v) is 4.49. The Morgan fingerprint density at radius 2 is 2.14 bits per heavy atom. The Labute approximate surface area is 82.0 Å². The van der Waals surface area contributed by atoms with Crippen molar-refractivity contribution in [3.05, 3.63) is 29.6 Å². The molecule has 14 heavy (non-hydrogen) atoms. The van der Waals surface area contributed by atoms with Gasteiger partial charge in [0.2, 0.25) is 0 Å². The Kier molecular flexibility index (Phi) is 3.85. The van der Waals surface area contributed by atoms with Gasteiger partial charge < -0.3 is 15.9 Å². The van der Waals surface area contributed by atoms with Crippen LogP contribution in [0.4, 0.5) is 10.1 Å². The minimum atomic E-state index is -0.734. The van der Waals surface area contributed by atoms with E-state index in [4.69, 9.17) is 10.8 Å². The molecule has 1 unspecified atom stereocenters. The molecule has 1 atom stereocenters. The van der Waals surface area contributed by atoms with Crippen LogP contribution < -0.4 is 5.73 Å². The third-order valence-electron chi connectivity index (χ3n) is 2.04. The van der Waals surface area contributed by atoms with E-state index in [9.17, 15) is 9.50 Å². The molecule has 0 saturated carbocycles. The molecule has 0 amide bonds. The second-order valence-corrected chi connectivity index (χ2v) is 3.15. The van der Waals surface area contributed by atoms with Gasteiger partial charge in [-0.15, -0.1) is 0 Å². The number of aliphatic hydroxyl groups is 2. The van der Waals surface area contributed by atoms with E-state index in [1.54, 1.807) is 0 Å². The lowest BCUT2D eigenvalue weighted by Crippen LogP contribution is -2.03. The van der Waals surface area contributed by atoms with E-state index in [0.717, 1.165) is 0 Å². The van der Waals surface area contributed by atoms with Crippen LogP contribution >= 0.6 is 0 Å². The second kappa shape index (κ2) is 4.93. The van der Waals surface area contributed by atoms with Crippen molar-refractivity contribution >= 4 is 5.69 Å². The van der Waals surface area contributed by atoms with Crippen LogP contribution in [-0.2, 0) is 0 Å². The highest BCUT2D eigenvalue weighted by Crippen LogP contribution is 2.24. The van der Waals surface area contributed by atoms with Crippen molar-refractivity contribution in [3.63, 3.8) is 0 Å². The van der Waals surface area contributed by atoms with Crippen LogP contribution in [0.2, 0.25) is 0 Å². The van der Waals surface area contributed by atoms with Gasteiger partial charge in [0.25, 0.3) is 0 Å². The fourth-order valence-electron chi connectivity index (χ4n) is 1.29. The number of halogens is 1. The molecule has 3 nitrogen and oxygen atoms in total. The van der Waals surface area contributed by atoms with E-state index in [0.29, 0.717) is 18.4 Å². The van der Waals surface area contributed by atoms with Crippen molar-refractivity contribution in [1.82, 2.24) is 0 Å². The normalized spacial score (nSPS) is 12.8. The second-order valence-electron chi connectivity index (χ2n) is 3.15. The van der Waals surface area contributed by atoms with Gasteiger partial charge in [-0.25, -0.2) is 4.39 Å². The maximum Gasteiger partial charge on any atom is 0.125 e. The maximum absolute atomic E-state index is 12.7. The lowest BCUT2D eigenvalue weighted by molar-refractivity contribution is 0.152. The minimum absolute atomic E-state index is 0.0260. The van der Waals surface area contributed by atoms with E-state index in [1.807, 2.05) is 0 Å². The molecular formula is C10H14FNO2. The molecule has 4 N–H and O–H groups in total. The fourth-order valence-corrected chi connectivity index (χ4v) is 1.29. The first kappa shape index (κ1) is 10.9. The van der Waals surface area contributed by atoms with Gasteiger partial charge in [0.1, 0.15) is 5.82 Å². The third kappa shape index (κ3) is 2.68. The van der Waals surface area contributed by atoms with Gasteiger partial charge in [-0.1, -0.05) is 6.07 Å². The van der Waals surface area contributed by atoms with Crippen molar-refractivity contribution in [3.8, 4) is 0 Å². The molecular weight excluding hydrogens is 185 g/mol. The fraction of sp³-hybridized carbons (Fsp3) is 0.400. The van der Waals surface area contributed by atoms with Crippen molar-refractivity contribution in [2.45, 2.75) is 18.9 Å². The summed E-state index contributed by atoms with van der Waals surface area (Å²) in [6, 6.07) is 3.90. The standard InChI is InChI=1S/C10H14FNO2/c11-7-3-4-8(9(12)6-7)10(14)2-1-5-13/h3-4,6,10,13-14H,1-2,5,12H2. The number of hydrogen-bond donors (Lipinski definition) is 3. The van der Waals surface area contributed by atoms with Crippen LogP contribution in [0.25, 0.3) is 0 Å². The number of hydrogen-bond acceptors (Lipinski definition) is 3. The molecule has 0 aromatic heterocycles. The van der Waals surface area contributed by atoms with E-state index in [2.05, 4.69) is 0 Å². The van der Waals surface area contributed by atoms with Crippen molar-refractivity contribution in [2.24, 2.45) is 0 Å². The maximum atomic E-state index is 12.7. The lowest BCUT2D eigenvalue weighted by atomic mass is 10.0. The predicted octanol–water partition coefficient (Wildman–Crippen LogP) is 1.21. The van der Waals surface area contributed by atoms with Crippen molar-refractivity contribution < 1.29 is 14.6 Å². The molecule has 0 saturated heterocycles. The first-order valence-electron chi connectivity index (χ1n) is 4.49. The zero-order valence-electron chi connectivity index (χ0n) is 7.78. The molecule has 1 aromatic rings. The van der Waals surface area contributed by atoms with Crippen LogP contribution in [0.1, 0.15) is 24.5 Å². The van der Waals surface area contributed by atoms with Gasteiger partial charge in [-0.05, 0) is 25.0 Å². The summed E-state index contributed by atoms with van der Waals surface area (Å²) in [7, 11) is 0. The molecule has 0 spiro atoms. The summed E-state index contributed by atoms with van der Waals surface area (Å²) in [5.41, 5.74) is 6.29. The summed E-state index contributed by atoms with van der Waals surface area (Å²) in [5.74, 6) is -0.416. The molecule has 4 heteroatoms. The smallest absolute Gasteiger partial charge is 0.125 e. The SMILES string of the molecule is Nc1cc(F)ccc1C(O)CCCO. The highest BCUT2D eigenvalue weighted by molar-refractivity contribution is 5.48. The van der Waals surface area contributed by atoms with E-state index in [1.165, 1.54) is 18.2 Å². The average Bonchev–Trinajstić information content (AvgIpc) is 2.14. The number of aliphatic hydroxyl groups excluding tert-OH is 2. The number of nitrogens with two attached hydrogens (primary N) is 1. The summed E-state index contributed by atoms with van der Waals surface area (Å²) >= 11 is 0. The van der Waals surface area contributed by atoms with Crippen LogP contribution in [0.15, 0.2) is 18.2 Å². The van der Waals surface area contributed by atoms with Gasteiger partial charge >= 0.3 is 0 Å². The van der Waals surface area contributed by atoms with E-state index < -0.39 is 11.9 Å². The largest absolute Gasteiger partial charge is 0.398 e. The zero-order chi connectivity index (χ0) is 10.6. The molecule has 0 bridgehead atoms. The van der Waals surface area contributed by atoms with Gasteiger partial charge in [-0.3, -0.25) is 0 Å². The first-order chi connectivity index (χ1) is 6.65. The van der Waals surface area contributed by atoms with Gasteiger partial charge in [0.05, 0.1) is 6.10 Å². The summed E-state index contributed by atoms with van der Waals surface area (Å²) in [6.07, 6.45) is 0.187. The van der Waals surface area contributed by atoms with Gasteiger partial charge in [0, 0.05) is 17.9 Å². The number of anilines is 1. The van der Waals surface area contributed by atoms with Gasteiger partial charge in [-0.2, -0.15) is 0 Å². The number of rotatable bonds is 4. The molecule has 78 valence electrons. The topological polar surface area (TPSA) is 66.5 Å². The monoisotopic (exact) mass is 199 g/mol. The van der Waals surface area contributed by atoms with E-state index in [-0.39, 0.29) is 12.3 Å². The Balaban J connectivity index is 2.74.